The number of anilines is 1. The van der Waals surface area contributed by atoms with Crippen molar-refractivity contribution in [1.82, 2.24) is 9.55 Å². The molecule has 1 heterocycles. The number of hydrogen-bond donors (Lipinski definition) is 2. The first-order chi connectivity index (χ1) is 7.95. The van der Waals surface area contributed by atoms with Crippen molar-refractivity contribution >= 4 is 18.0 Å². The van der Waals surface area contributed by atoms with Crippen LogP contribution in [-0.4, -0.2) is 33.9 Å². The molecule has 0 aliphatic rings. The molecular weight excluding hydrogens is 245 g/mol. The van der Waals surface area contributed by atoms with Gasteiger partial charge in [-0.3, -0.25) is 4.57 Å². The third kappa shape index (κ3) is 3.72. The van der Waals surface area contributed by atoms with Crippen LogP contribution in [0, 0.1) is 4.77 Å². The molecule has 0 aromatic carbocycles. The van der Waals surface area contributed by atoms with E-state index in [0.29, 0.717) is 5.82 Å². The standard InChI is InChI=1S/C10H16FN3O2S/c1-6(15)7(2)16-9(11)14-5-4-8(12-3)13-10(14)17/h4-7,9,15H,1-3H3,(H,12,13,17). The fourth-order valence-corrected chi connectivity index (χ4v) is 1.30. The lowest BCUT2D eigenvalue weighted by Crippen LogP contribution is -2.26. The van der Waals surface area contributed by atoms with Crippen molar-refractivity contribution in [2.24, 2.45) is 0 Å². The Morgan fingerprint density at radius 3 is 2.71 bits per heavy atom. The first-order valence-electron chi connectivity index (χ1n) is 5.20. The number of halogens is 1. The van der Waals surface area contributed by atoms with Gasteiger partial charge in [0.05, 0.1) is 12.2 Å². The number of alkyl halides is 1. The van der Waals surface area contributed by atoms with E-state index in [1.807, 2.05) is 0 Å². The maximum atomic E-state index is 13.7. The fraction of sp³-hybridized carbons (Fsp3) is 0.600. The molecule has 3 atom stereocenters. The van der Waals surface area contributed by atoms with Gasteiger partial charge >= 0.3 is 0 Å². The Morgan fingerprint density at radius 2 is 2.24 bits per heavy atom. The average Bonchev–Trinajstić information content (AvgIpc) is 2.28. The Bertz CT molecular complexity index is 424. The lowest BCUT2D eigenvalue weighted by molar-refractivity contribution is -0.156. The Hall–Kier alpha value is -1.05. The minimum Gasteiger partial charge on any atom is -0.391 e. The number of rotatable bonds is 5. The molecule has 1 aromatic heterocycles. The van der Waals surface area contributed by atoms with Crippen LogP contribution in [0.25, 0.3) is 0 Å². The SMILES string of the molecule is CNc1ccn(C(F)OC(C)C(C)O)c(=S)n1. The van der Waals surface area contributed by atoms with Gasteiger partial charge in [0.25, 0.3) is 6.48 Å². The van der Waals surface area contributed by atoms with Crippen molar-refractivity contribution in [2.45, 2.75) is 32.5 Å². The Labute approximate surface area is 104 Å². The van der Waals surface area contributed by atoms with Crippen molar-refractivity contribution in [2.75, 3.05) is 12.4 Å². The van der Waals surface area contributed by atoms with E-state index in [0.717, 1.165) is 4.57 Å². The summed E-state index contributed by atoms with van der Waals surface area (Å²) in [6.45, 7) is 1.35. The summed E-state index contributed by atoms with van der Waals surface area (Å²) in [4.78, 5) is 3.95. The predicted molar refractivity (Wildman–Crippen MR) is 65.0 cm³/mol. The average molecular weight is 261 g/mol. The van der Waals surface area contributed by atoms with Gasteiger partial charge in [-0.15, -0.1) is 0 Å². The number of ether oxygens (including phenoxy) is 1. The van der Waals surface area contributed by atoms with Gasteiger partial charge in [-0.25, -0.2) is 4.98 Å². The van der Waals surface area contributed by atoms with E-state index in [9.17, 15) is 9.50 Å². The van der Waals surface area contributed by atoms with Crippen LogP contribution in [0.5, 0.6) is 0 Å². The number of aliphatic hydroxyl groups excluding tert-OH is 1. The lowest BCUT2D eigenvalue weighted by Gasteiger charge is -2.20. The van der Waals surface area contributed by atoms with Gasteiger partial charge in [0.1, 0.15) is 5.82 Å². The largest absolute Gasteiger partial charge is 0.391 e. The first kappa shape index (κ1) is 14.0. The van der Waals surface area contributed by atoms with Gasteiger partial charge in [-0.2, -0.15) is 4.39 Å². The first-order valence-corrected chi connectivity index (χ1v) is 5.61. The summed E-state index contributed by atoms with van der Waals surface area (Å²) < 4.78 is 19.9. The van der Waals surface area contributed by atoms with Crippen LogP contribution >= 0.6 is 12.2 Å². The van der Waals surface area contributed by atoms with E-state index < -0.39 is 18.7 Å². The van der Waals surface area contributed by atoms with Crippen molar-refractivity contribution < 1.29 is 14.2 Å². The molecule has 1 rings (SSSR count). The predicted octanol–water partition coefficient (Wildman–Crippen LogP) is 1.87. The maximum Gasteiger partial charge on any atom is 0.284 e. The van der Waals surface area contributed by atoms with Crippen LogP contribution in [-0.2, 0) is 4.74 Å². The summed E-state index contributed by atoms with van der Waals surface area (Å²) in [5.41, 5.74) is 0. The summed E-state index contributed by atoms with van der Waals surface area (Å²) >= 11 is 4.93. The van der Waals surface area contributed by atoms with Gasteiger partial charge in [0.15, 0.2) is 0 Å². The van der Waals surface area contributed by atoms with Gasteiger partial charge in [-0.05, 0) is 32.1 Å². The number of aliphatic hydroxyl groups is 1. The molecule has 1 aromatic rings. The summed E-state index contributed by atoms with van der Waals surface area (Å²) in [6.07, 6.45) is 0.0588. The number of aromatic nitrogens is 2. The zero-order valence-electron chi connectivity index (χ0n) is 9.92. The lowest BCUT2D eigenvalue weighted by atomic mass is 10.3. The molecule has 0 bridgehead atoms. The van der Waals surface area contributed by atoms with Gasteiger partial charge in [-0.1, -0.05) is 0 Å². The molecule has 0 spiro atoms. The molecule has 5 nitrogen and oxygen atoms in total. The molecule has 17 heavy (non-hydrogen) atoms. The van der Waals surface area contributed by atoms with Crippen molar-refractivity contribution in [3.63, 3.8) is 0 Å². The number of hydrogen-bond acceptors (Lipinski definition) is 5. The Balaban J connectivity index is 2.82. The monoisotopic (exact) mass is 261 g/mol. The molecule has 96 valence electrons. The van der Waals surface area contributed by atoms with Gasteiger partial charge in [0, 0.05) is 13.2 Å². The topological polar surface area (TPSA) is 59.3 Å². The van der Waals surface area contributed by atoms with Crippen LogP contribution in [0.15, 0.2) is 12.3 Å². The highest BCUT2D eigenvalue weighted by Crippen LogP contribution is 2.16. The van der Waals surface area contributed by atoms with Gasteiger partial charge in [0.2, 0.25) is 4.77 Å². The van der Waals surface area contributed by atoms with Crippen LogP contribution in [0.3, 0.4) is 0 Å². The zero-order chi connectivity index (χ0) is 13.0. The second-order valence-electron chi connectivity index (χ2n) is 3.63. The summed E-state index contributed by atoms with van der Waals surface area (Å²) in [6, 6.07) is 1.58. The summed E-state index contributed by atoms with van der Waals surface area (Å²) in [5.74, 6) is 0.557. The van der Waals surface area contributed by atoms with Crippen molar-refractivity contribution in [3.05, 3.63) is 17.0 Å². The summed E-state index contributed by atoms with van der Waals surface area (Å²) in [5, 5.41) is 12.0. The highest BCUT2D eigenvalue weighted by molar-refractivity contribution is 7.71. The quantitative estimate of drug-likeness (QED) is 0.792. The van der Waals surface area contributed by atoms with Crippen LogP contribution in [0.2, 0.25) is 0 Å². The van der Waals surface area contributed by atoms with E-state index in [4.69, 9.17) is 17.0 Å². The molecule has 0 aliphatic carbocycles. The number of nitrogens with zero attached hydrogens (tertiary/aromatic N) is 2. The van der Waals surface area contributed by atoms with Crippen LogP contribution in [0.1, 0.15) is 20.3 Å². The summed E-state index contributed by atoms with van der Waals surface area (Å²) in [7, 11) is 1.69. The molecule has 0 amide bonds. The maximum absolute atomic E-state index is 13.7. The van der Waals surface area contributed by atoms with Crippen molar-refractivity contribution in [1.29, 1.82) is 0 Å². The van der Waals surface area contributed by atoms with Gasteiger partial charge < -0.3 is 15.2 Å². The van der Waals surface area contributed by atoms with Crippen LogP contribution in [0.4, 0.5) is 10.2 Å². The minimum atomic E-state index is -1.76. The van der Waals surface area contributed by atoms with Crippen molar-refractivity contribution in [3.8, 4) is 0 Å². The Morgan fingerprint density at radius 1 is 1.59 bits per heavy atom. The smallest absolute Gasteiger partial charge is 0.284 e. The molecule has 0 saturated heterocycles. The van der Waals surface area contributed by atoms with E-state index >= 15 is 0 Å². The molecular formula is C10H16FN3O2S. The minimum absolute atomic E-state index is 0.0714. The molecule has 3 unspecified atom stereocenters. The second-order valence-corrected chi connectivity index (χ2v) is 3.99. The van der Waals surface area contributed by atoms with E-state index in [-0.39, 0.29) is 4.77 Å². The molecule has 2 N–H and O–H groups in total. The second kappa shape index (κ2) is 6.04. The highest BCUT2D eigenvalue weighted by atomic mass is 32.1. The molecule has 0 radical (unpaired) electrons. The zero-order valence-corrected chi connectivity index (χ0v) is 10.7. The normalized spacial score (nSPS) is 16.3. The highest BCUT2D eigenvalue weighted by Gasteiger charge is 2.17. The molecule has 7 heteroatoms. The third-order valence-electron chi connectivity index (χ3n) is 2.31. The van der Waals surface area contributed by atoms with Crippen LogP contribution < -0.4 is 5.32 Å². The Kier molecular flexibility index (Phi) is 4.98. The molecule has 0 saturated carbocycles. The molecule has 0 fully saturated rings. The third-order valence-corrected chi connectivity index (χ3v) is 2.61. The fourth-order valence-electron chi connectivity index (χ4n) is 1.06. The van der Waals surface area contributed by atoms with E-state index in [2.05, 4.69) is 10.3 Å². The number of nitrogens with one attached hydrogen (secondary N) is 1. The van der Waals surface area contributed by atoms with E-state index in [1.165, 1.54) is 13.1 Å². The van der Waals surface area contributed by atoms with E-state index in [1.54, 1.807) is 20.0 Å². The molecule has 0 aliphatic heterocycles.